The highest BCUT2D eigenvalue weighted by Crippen LogP contribution is 2.61. The van der Waals surface area contributed by atoms with E-state index in [0.29, 0.717) is 31.6 Å². The number of hydrogen-bond acceptors (Lipinski definition) is 8. The molecule has 0 bridgehead atoms. The maximum atomic E-state index is 13.8. The van der Waals surface area contributed by atoms with E-state index in [1.165, 1.54) is 7.11 Å². The molecular weight excluding hydrogens is 490 g/mol. The summed E-state index contributed by atoms with van der Waals surface area (Å²) >= 11 is 1.64. The Morgan fingerprint density at radius 3 is 1.73 bits per heavy atom. The first kappa shape index (κ1) is 35.7. The van der Waals surface area contributed by atoms with Crippen LogP contribution < -0.4 is 5.73 Å². The summed E-state index contributed by atoms with van der Waals surface area (Å²) in [6.45, 7) is 25.3. The minimum absolute atomic E-state index is 0.142. The zero-order chi connectivity index (χ0) is 29.5. The van der Waals surface area contributed by atoms with Crippen molar-refractivity contribution in [2.75, 3.05) is 32.6 Å². The van der Waals surface area contributed by atoms with Gasteiger partial charge in [-0.3, -0.25) is 14.4 Å². The highest BCUT2D eigenvalue weighted by Gasteiger charge is 2.60. The van der Waals surface area contributed by atoms with Crippen LogP contribution in [0.2, 0.25) is 0 Å². The topological polar surface area (TPSA) is 105 Å². The lowest BCUT2D eigenvalue weighted by atomic mass is 9.47. The first-order chi connectivity index (χ1) is 16.6. The fourth-order valence-electron chi connectivity index (χ4n) is 5.06. The van der Waals surface area contributed by atoms with Gasteiger partial charge in [0, 0.05) is 17.0 Å². The number of rotatable bonds is 15. The van der Waals surface area contributed by atoms with Crippen molar-refractivity contribution in [2.45, 2.75) is 107 Å². The first-order valence-electron chi connectivity index (χ1n) is 13.3. The molecule has 0 aromatic heterocycles. The molecule has 8 heteroatoms. The smallest absolute Gasteiger partial charge is 0.312 e. The Balaban J connectivity index is 6.51. The van der Waals surface area contributed by atoms with Crippen molar-refractivity contribution >= 4 is 29.7 Å². The number of nitrogens with two attached hydrogens (primary N) is 1. The monoisotopic (exact) mass is 545 g/mol. The van der Waals surface area contributed by atoms with Crippen LogP contribution in [0.25, 0.3) is 0 Å². The lowest BCUT2D eigenvalue weighted by Crippen LogP contribution is -2.56. The molecule has 0 saturated carbocycles. The van der Waals surface area contributed by atoms with Gasteiger partial charge < -0.3 is 19.9 Å². The van der Waals surface area contributed by atoms with E-state index in [-0.39, 0.29) is 41.2 Å². The average Bonchev–Trinajstić information content (AvgIpc) is 2.75. The van der Waals surface area contributed by atoms with Gasteiger partial charge >= 0.3 is 17.9 Å². The van der Waals surface area contributed by atoms with E-state index in [9.17, 15) is 14.4 Å². The number of esters is 3. The van der Waals surface area contributed by atoms with Crippen molar-refractivity contribution in [3.8, 4) is 0 Å². The molecule has 0 fully saturated rings. The van der Waals surface area contributed by atoms with Gasteiger partial charge in [0.1, 0.15) is 6.61 Å². The van der Waals surface area contributed by atoms with Crippen LogP contribution >= 0.6 is 11.8 Å². The fraction of sp³-hybridized carbons (Fsp3) is 0.897. The molecule has 7 nitrogen and oxygen atoms in total. The molecule has 2 N–H and O–H groups in total. The Hall–Kier alpha value is -1.28. The average molecular weight is 546 g/mol. The van der Waals surface area contributed by atoms with Crippen molar-refractivity contribution in [2.24, 2.45) is 32.8 Å². The third-order valence-electron chi connectivity index (χ3n) is 8.86. The molecule has 218 valence electrons. The van der Waals surface area contributed by atoms with Crippen LogP contribution in [-0.4, -0.2) is 55.3 Å². The molecule has 0 radical (unpaired) electrons. The molecule has 0 aliphatic heterocycles. The zero-order valence-corrected chi connectivity index (χ0v) is 26.7. The van der Waals surface area contributed by atoms with Gasteiger partial charge in [-0.1, -0.05) is 62.3 Å². The number of ether oxygens (including phenoxy) is 3. The quantitative estimate of drug-likeness (QED) is 0.197. The largest absolute Gasteiger partial charge is 0.469 e. The van der Waals surface area contributed by atoms with Gasteiger partial charge in [0.15, 0.2) is 0 Å². The highest BCUT2D eigenvalue weighted by molar-refractivity contribution is 8.00. The summed E-state index contributed by atoms with van der Waals surface area (Å²) in [6.07, 6.45) is 1.33. The van der Waals surface area contributed by atoms with Crippen molar-refractivity contribution in [1.82, 2.24) is 0 Å². The van der Waals surface area contributed by atoms with Crippen LogP contribution in [0.3, 0.4) is 0 Å². The maximum Gasteiger partial charge on any atom is 0.312 e. The number of hydrogen-bond donors (Lipinski definition) is 1. The number of thioether (sulfide) groups is 1. The lowest BCUT2D eigenvalue weighted by Gasteiger charge is -2.57. The Morgan fingerprint density at radius 1 is 0.784 bits per heavy atom. The second-order valence-electron chi connectivity index (χ2n) is 13.4. The second kappa shape index (κ2) is 13.2. The molecule has 0 aromatic carbocycles. The molecule has 0 aliphatic carbocycles. The van der Waals surface area contributed by atoms with E-state index in [0.717, 1.165) is 0 Å². The summed E-state index contributed by atoms with van der Waals surface area (Å²) < 4.78 is 15.7. The lowest BCUT2D eigenvalue weighted by molar-refractivity contribution is -0.179. The maximum absolute atomic E-state index is 13.8. The fourth-order valence-corrected chi connectivity index (χ4v) is 6.27. The molecule has 0 aromatic rings. The minimum atomic E-state index is -0.916. The summed E-state index contributed by atoms with van der Waals surface area (Å²) in [5.74, 6) is -0.193. The SMILES string of the molecule is CCOC(=O)C(C)(CC(C)(C)C(C)(C)C(C)(CC(C)(C)SCCC(=O)OC)C(=O)OCCN)C(C)(C)C. The van der Waals surface area contributed by atoms with E-state index >= 15 is 0 Å². The summed E-state index contributed by atoms with van der Waals surface area (Å²) in [6, 6.07) is 0. The summed E-state index contributed by atoms with van der Waals surface area (Å²) in [4.78, 5) is 38.7. The van der Waals surface area contributed by atoms with Crippen molar-refractivity contribution in [1.29, 1.82) is 0 Å². The van der Waals surface area contributed by atoms with Crippen LogP contribution in [0.5, 0.6) is 0 Å². The summed E-state index contributed by atoms with van der Waals surface area (Å²) in [7, 11) is 1.38. The van der Waals surface area contributed by atoms with Gasteiger partial charge in [-0.05, 0) is 49.9 Å². The van der Waals surface area contributed by atoms with Gasteiger partial charge in [0.25, 0.3) is 0 Å². The van der Waals surface area contributed by atoms with Gasteiger partial charge in [-0.25, -0.2) is 0 Å². The van der Waals surface area contributed by atoms with Crippen molar-refractivity contribution in [3.05, 3.63) is 0 Å². The number of carbonyl (C=O) groups excluding carboxylic acids is 3. The first-order valence-corrected chi connectivity index (χ1v) is 14.3. The molecule has 0 aliphatic rings. The van der Waals surface area contributed by atoms with E-state index in [1.807, 2.05) is 20.8 Å². The normalized spacial score (nSPS) is 16.4. The third kappa shape index (κ3) is 8.61. The van der Waals surface area contributed by atoms with Gasteiger partial charge in [0.05, 0.1) is 31.0 Å². The van der Waals surface area contributed by atoms with Crippen LogP contribution in [0, 0.1) is 27.1 Å². The van der Waals surface area contributed by atoms with Crippen LogP contribution in [0.15, 0.2) is 0 Å². The summed E-state index contributed by atoms with van der Waals surface area (Å²) in [5.41, 5.74) is 2.51. The van der Waals surface area contributed by atoms with Crippen molar-refractivity contribution < 1.29 is 28.6 Å². The summed E-state index contributed by atoms with van der Waals surface area (Å²) in [5, 5.41) is 0. The Bertz CT molecular complexity index is 786. The highest BCUT2D eigenvalue weighted by atomic mass is 32.2. The molecule has 2 atom stereocenters. The van der Waals surface area contributed by atoms with Crippen LogP contribution in [-0.2, 0) is 28.6 Å². The molecule has 2 unspecified atom stereocenters. The Morgan fingerprint density at radius 2 is 1.30 bits per heavy atom. The van der Waals surface area contributed by atoms with E-state index < -0.39 is 21.7 Å². The molecular formula is C29H55NO6S. The second-order valence-corrected chi connectivity index (χ2v) is 15.2. The number of methoxy groups -OCH3 is 1. The van der Waals surface area contributed by atoms with E-state index in [2.05, 4.69) is 62.3 Å². The van der Waals surface area contributed by atoms with E-state index in [1.54, 1.807) is 11.8 Å². The van der Waals surface area contributed by atoms with Crippen molar-refractivity contribution in [3.63, 3.8) is 0 Å². The van der Waals surface area contributed by atoms with Gasteiger partial charge in [0.2, 0.25) is 0 Å². The van der Waals surface area contributed by atoms with Crippen LogP contribution in [0.1, 0.15) is 102 Å². The third-order valence-corrected chi connectivity index (χ3v) is 10.2. The molecule has 37 heavy (non-hydrogen) atoms. The zero-order valence-electron chi connectivity index (χ0n) is 25.9. The molecule has 0 amide bonds. The molecule has 0 saturated heterocycles. The van der Waals surface area contributed by atoms with Gasteiger partial charge in [-0.2, -0.15) is 11.8 Å². The molecule has 0 rings (SSSR count). The molecule has 0 heterocycles. The predicted octanol–water partition coefficient (Wildman–Crippen LogP) is 6.02. The Kier molecular flexibility index (Phi) is 12.7. The standard InChI is InChI=1S/C29H55NO6S/c1-14-35-22(32)28(11,24(2,3)4)19-25(5,6)27(9,10)29(12,23(33)36-17-16-30)20-26(7,8)37-18-15-21(31)34-13/h14-20,30H2,1-13H3. The van der Waals surface area contributed by atoms with Crippen LogP contribution in [0.4, 0.5) is 0 Å². The number of carbonyl (C=O) groups is 3. The van der Waals surface area contributed by atoms with Gasteiger partial charge in [-0.15, -0.1) is 0 Å². The Labute approximate surface area is 230 Å². The molecule has 0 spiro atoms. The predicted molar refractivity (Wildman–Crippen MR) is 152 cm³/mol. The minimum Gasteiger partial charge on any atom is -0.469 e. The van der Waals surface area contributed by atoms with E-state index in [4.69, 9.17) is 19.9 Å².